The number of hydrogen-bond donors (Lipinski definition) is 0. The van der Waals surface area contributed by atoms with Crippen molar-refractivity contribution in [3.8, 4) is 0 Å². The van der Waals surface area contributed by atoms with Crippen LogP contribution in [-0.2, 0) is 14.3 Å². The second kappa shape index (κ2) is 5.69. The number of ether oxygens (including phenoxy) is 1. The zero-order chi connectivity index (χ0) is 13.8. The molecule has 1 heterocycles. The van der Waals surface area contributed by atoms with Gasteiger partial charge >= 0.3 is 5.97 Å². The summed E-state index contributed by atoms with van der Waals surface area (Å²) in [6.07, 6.45) is 2.04. The number of carbonyl (C=O) groups is 2. The van der Waals surface area contributed by atoms with Gasteiger partial charge in [0.1, 0.15) is 12.1 Å². The van der Waals surface area contributed by atoms with E-state index in [9.17, 15) is 9.59 Å². The van der Waals surface area contributed by atoms with E-state index in [-0.39, 0.29) is 11.9 Å². The molecule has 1 aromatic rings. The molecule has 0 radical (unpaired) electrons. The van der Waals surface area contributed by atoms with E-state index in [1.807, 2.05) is 30.3 Å². The van der Waals surface area contributed by atoms with Crippen LogP contribution in [0.4, 0.5) is 0 Å². The first-order valence-electron chi connectivity index (χ1n) is 6.27. The van der Waals surface area contributed by atoms with Gasteiger partial charge in [0.05, 0.1) is 0 Å². The van der Waals surface area contributed by atoms with Crippen molar-refractivity contribution in [1.82, 2.24) is 4.90 Å². The molecule has 0 aliphatic carbocycles. The highest BCUT2D eigenvalue weighted by Crippen LogP contribution is 2.23. The lowest BCUT2D eigenvalue weighted by Gasteiger charge is -2.21. The number of nitrogens with zero attached hydrogens (tertiary/aromatic N) is 1. The van der Waals surface area contributed by atoms with Crippen molar-refractivity contribution >= 4 is 11.9 Å². The van der Waals surface area contributed by atoms with Gasteiger partial charge in [0.25, 0.3) is 0 Å². The van der Waals surface area contributed by atoms with Crippen LogP contribution in [-0.4, -0.2) is 29.9 Å². The quantitative estimate of drug-likeness (QED) is 0.614. The van der Waals surface area contributed by atoms with E-state index in [0.717, 1.165) is 5.56 Å². The molecule has 0 aromatic heterocycles. The first-order valence-corrected chi connectivity index (χ1v) is 6.27. The van der Waals surface area contributed by atoms with Gasteiger partial charge in [-0.25, -0.2) is 4.79 Å². The highest BCUT2D eigenvalue weighted by Gasteiger charge is 2.35. The van der Waals surface area contributed by atoms with Crippen molar-refractivity contribution < 1.29 is 14.3 Å². The fourth-order valence-electron chi connectivity index (χ4n) is 2.18. The van der Waals surface area contributed by atoms with E-state index in [0.29, 0.717) is 12.8 Å². The maximum atomic E-state index is 12.1. The number of benzene rings is 1. The minimum atomic E-state index is -0.474. The number of carbonyl (C=O) groups excluding carboxylic acids is 2. The summed E-state index contributed by atoms with van der Waals surface area (Å²) in [4.78, 5) is 24.9. The van der Waals surface area contributed by atoms with Gasteiger partial charge < -0.3 is 9.64 Å². The van der Waals surface area contributed by atoms with Crippen LogP contribution in [0.15, 0.2) is 43.0 Å². The van der Waals surface area contributed by atoms with E-state index in [1.54, 1.807) is 13.1 Å². The predicted molar refractivity (Wildman–Crippen MR) is 71.3 cm³/mol. The van der Waals surface area contributed by atoms with Gasteiger partial charge in [-0.15, -0.1) is 0 Å². The lowest BCUT2D eigenvalue weighted by atomic mass is 10.1. The highest BCUT2D eigenvalue weighted by molar-refractivity contribution is 5.88. The molecule has 4 heteroatoms. The molecule has 4 nitrogen and oxygen atoms in total. The third-order valence-electron chi connectivity index (χ3n) is 3.35. The molecule has 1 aliphatic rings. The van der Waals surface area contributed by atoms with Gasteiger partial charge in [-0.1, -0.05) is 36.9 Å². The fraction of sp³-hybridized carbons (Fsp3) is 0.333. The maximum absolute atomic E-state index is 12.1. The number of likely N-dealkylation sites (tertiary alicyclic amines) is 1. The molecule has 2 rings (SSSR count). The molecule has 1 fully saturated rings. The molecule has 2 atom stereocenters. The average molecular weight is 259 g/mol. The molecular weight excluding hydrogens is 242 g/mol. The van der Waals surface area contributed by atoms with Crippen LogP contribution in [0.25, 0.3) is 0 Å². The standard InChI is InChI=1S/C15H17NO3/c1-3-13(11-7-5-4-6-8-11)19-15(18)12-9-10-14(17)16(12)2/h3-8,12-13H,1,9-10H2,2H3. The lowest BCUT2D eigenvalue weighted by molar-refractivity contribution is -0.154. The first-order chi connectivity index (χ1) is 9.13. The average Bonchev–Trinajstić information content (AvgIpc) is 2.77. The van der Waals surface area contributed by atoms with Crippen molar-refractivity contribution in [3.05, 3.63) is 48.6 Å². The number of hydrogen-bond acceptors (Lipinski definition) is 3. The van der Waals surface area contributed by atoms with Gasteiger partial charge in [-0.3, -0.25) is 4.79 Å². The first kappa shape index (κ1) is 13.3. The maximum Gasteiger partial charge on any atom is 0.329 e. The molecule has 0 saturated carbocycles. The SMILES string of the molecule is C=CC(OC(=O)C1CCC(=O)N1C)c1ccccc1. The van der Waals surface area contributed by atoms with Gasteiger partial charge in [0.2, 0.25) is 5.91 Å². The molecule has 1 aliphatic heterocycles. The number of rotatable bonds is 4. The summed E-state index contributed by atoms with van der Waals surface area (Å²) < 4.78 is 5.44. The lowest BCUT2D eigenvalue weighted by Crippen LogP contribution is -2.36. The van der Waals surface area contributed by atoms with Gasteiger partial charge in [0, 0.05) is 13.5 Å². The van der Waals surface area contributed by atoms with Crippen LogP contribution in [0, 0.1) is 0 Å². The molecule has 1 saturated heterocycles. The minimum absolute atomic E-state index is 0.0168. The molecule has 0 N–H and O–H groups in total. The van der Waals surface area contributed by atoms with Crippen LogP contribution in [0.2, 0.25) is 0 Å². The van der Waals surface area contributed by atoms with E-state index in [2.05, 4.69) is 6.58 Å². The Morgan fingerprint density at radius 3 is 2.68 bits per heavy atom. The van der Waals surface area contributed by atoms with Crippen molar-refractivity contribution in [2.24, 2.45) is 0 Å². The zero-order valence-corrected chi connectivity index (χ0v) is 10.9. The van der Waals surface area contributed by atoms with Crippen LogP contribution in [0.3, 0.4) is 0 Å². The normalized spacial score (nSPS) is 20.2. The van der Waals surface area contributed by atoms with Crippen molar-refractivity contribution in [2.45, 2.75) is 25.0 Å². The highest BCUT2D eigenvalue weighted by atomic mass is 16.5. The Hall–Kier alpha value is -2.10. The molecule has 1 amide bonds. The summed E-state index contributed by atoms with van der Waals surface area (Å²) in [5.41, 5.74) is 0.873. The predicted octanol–water partition coefficient (Wildman–Crippen LogP) is 2.08. The summed E-state index contributed by atoms with van der Waals surface area (Å²) in [6.45, 7) is 3.69. The Morgan fingerprint density at radius 1 is 1.47 bits per heavy atom. The van der Waals surface area contributed by atoms with Gasteiger partial charge in [-0.2, -0.15) is 0 Å². The smallest absolute Gasteiger partial charge is 0.329 e. The van der Waals surface area contributed by atoms with Crippen LogP contribution < -0.4 is 0 Å². The Bertz CT molecular complexity index is 483. The number of likely N-dealkylation sites (N-methyl/N-ethyl adjacent to an activating group) is 1. The fourth-order valence-corrected chi connectivity index (χ4v) is 2.18. The monoisotopic (exact) mass is 259 g/mol. The topological polar surface area (TPSA) is 46.6 Å². The van der Waals surface area contributed by atoms with Gasteiger partial charge in [0.15, 0.2) is 0 Å². The molecule has 1 aromatic carbocycles. The molecule has 0 spiro atoms. The summed E-state index contributed by atoms with van der Waals surface area (Å²) in [7, 11) is 1.63. The van der Waals surface area contributed by atoms with Gasteiger partial charge in [-0.05, 0) is 18.1 Å². The van der Waals surface area contributed by atoms with E-state index in [1.165, 1.54) is 4.90 Å². The van der Waals surface area contributed by atoms with Crippen molar-refractivity contribution in [3.63, 3.8) is 0 Å². The zero-order valence-electron chi connectivity index (χ0n) is 10.9. The molecule has 0 bridgehead atoms. The summed E-state index contributed by atoms with van der Waals surface area (Å²) in [5, 5.41) is 0. The second-order valence-electron chi connectivity index (χ2n) is 4.56. The number of esters is 1. The van der Waals surface area contributed by atoms with Crippen LogP contribution >= 0.6 is 0 Å². The Labute approximate surface area is 112 Å². The van der Waals surface area contributed by atoms with E-state index < -0.39 is 12.1 Å². The van der Waals surface area contributed by atoms with E-state index >= 15 is 0 Å². The summed E-state index contributed by atoms with van der Waals surface area (Å²) in [5.74, 6) is -0.390. The summed E-state index contributed by atoms with van der Waals surface area (Å²) >= 11 is 0. The van der Waals surface area contributed by atoms with Crippen LogP contribution in [0.1, 0.15) is 24.5 Å². The second-order valence-corrected chi connectivity index (χ2v) is 4.56. The van der Waals surface area contributed by atoms with E-state index in [4.69, 9.17) is 4.74 Å². The Kier molecular flexibility index (Phi) is 4.00. The minimum Gasteiger partial charge on any atom is -0.452 e. The summed E-state index contributed by atoms with van der Waals surface area (Å²) in [6, 6.07) is 8.94. The van der Waals surface area contributed by atoms with Crippen molar-refractivity contribution in [1.29, 1.82) is 0 Å². The Balaban J connectivity index is 2.05. The third-order valence-corrected chi connectivity index (χ3v) is 3.35. The number of amides is 1. The van der Waals surface area contributed by atoms with Crippen molar-refractivity contribution in [2.75, 3.05) is 7.05 Å². The molecular formula is C15H17NO3. The Morgan fingerprint density at radius 2 is 2.16 bits per heavy atom. The molecule has 100 valence electrons. The molecule has 2 unspecified atom stereocenters. The third kappa shape index (κ3) is 2.84. The van der Waals surface area contributed by atoms with Crippen LogP contribution in [0.5, 0.6) is 0 Å². The largest absolute Gasteiger partial charge is 0.452 e. The molecule has 19 heavy (non-hydrogen) atoms.